The minimum Gasteiger partial charge on any atom is -0.549 e. The van der Waals surface area contributed by atoms with Crippen molar-refractivity contribution in [2.45, 2.75) is 26.8 Å². The van der Waals surface area contributed by atoms with Gasteiger partial charge in [-0.15, -0.1) is 0 Å². The zero-order valence-electron chi connectivity index (χ0n) is 17.7. The SMILES string of the molecule is CC(C)(C)C(CN(CCN(CC(=O)[O-])CC(=O)[O-])CC(=O)[O-])N(CC(=O)[O-])CC(=O)[O-]. The molecule has 0 heterocycles. The highest BCUT2D eigenvalue weighted by atomic mass is 16.4. The van der Waals surface area contributed by atoms with E-state index in [-0.39, 0.29) is 19.6 Å². The number of carbonyl (C=O) groups is 5. The van der Waals surface area contributed by atoms with Crippen LogP contribution in [0, 0.1) is 5.41 Å². The first kappa shape index (κ1) is 28.2. The molecule has 0 aromatic carbocycles. The maximum Gasteiger partial charge on any atom is 0.0555 e. The normalized spacial score (nSPS) is 12.8. The monoisotopic (exact) mass is 444 g/mol. The number of aliphatic carboxylic acids is 5. The van der Waals surface area contributed by atoms with E-state index < -0.39 is 74.0 Å². The molecule has 0 aliphatic rings. The van der Waals surface area contributed by atoms with Crippen LogP contribution in [0.5, 0.6) is 0 Å². The number of nitrogens with zero attached hydrogens (tertiary/aromatic N) is 3. The van der Waals surface area contributed by atoms with Crippen LogP contribution in [-0.4, -0.2) is 103 Å². The van der Waals surface area contributed by atoms with Crippen LogP contribution in [-0.2, 0) is 24.0 Å². The highest BCUT2D eigenvalue weighted by Gasteiger charge is 2.32. The van der Waals surface area contributed by atoms with Gasteiger partial charge >= 0.3 is 0 Å². The Balaban J connectivity index is 5.64. The van der Waals surface area contributed by atoms with Crippen molar-refractivity contribution >= 4 is 29.8 Å². The fourth-order valence-corrected chi connectivity index (χ4v) is 3.07. The molecule has 0 rings (SSSR count). The van der Waals surface area contributed by atoms with Gasteiger partial charge < -0.3 is 49.5 Å². The first-order valence-electron chi connectivity index (χ1n) is 9.29. The molecule has 31 heavy (non-hydrogen) atoms. The number of carbonyl (C=O) groups excluding carboxylic acids is 5. The van der Waals surface area contributed by atoms with Crippen LogP contribution in [0.4, 0.5) is 0 Å². The lowest BCUT2D eigenvalue weighted by molar-refractivity contribution is -0.313. The van der Waals surface area contributed by atoms with Crippen LogP contribution in [0.3, 0.4) is 0 Å². The molecule has 0 N–H and O–H groups in total. The molecule has 0 spiro atoms. The fourth-order valence-electron chi connectivity index (χ4n) is 3.07. The maximum absolute atomic E-state index is 11.2. The van der Waals surface area contributed by atoms with E-state index >= 15 is 0 Å². The van der Waals surface area contributed by atoms with E-state index in [9.17, 15) is 49.5 Å². The summed E-state index contributed by atoms with van der Waals surface area (Å²) in [5.41, 5.74) is -0.731. The minimum absolute atomic E-state index is 0.147. The topological polar surface area (TPSA) is 210 Å². The van der Waals surface area contributed by atoms with E-state index in [1.165, 1.54) is 4.90 Å². The van der Waals surface area contributed by atoms with Crippen LogP contribution in [0.2, 0.25) is 0 Å². The summed E-state index contributed by atoms with van der Waals surface area (Å²) in [6.45, 7) is 0.922. The molecule has 13 heteroatoms. The Kier molecular flexibility index (Phi) is 11.7. The molecule has 0 saturated carbocycles. The standard InChI is InChI=1S/C18H31N3O10/c1-18(2,3)12(21(10-16(28)29)11-17(30)31)6-19(7-13(22)23)4-5-20(8-14(24)25)9-15(26)27/h12H,4-11H2,1-3H3,(H,22,23)(H,24,25)(H,26,27)(H,28,29)(H,30,31)/p-5. The molecule has 13 nitrogen and oxygen atoms in total. The Bertz CT molecular complexity index is 629. The van der Waals surface area contributed by atoms with Gasteiger partial charge in [-0.05, 0) is 5.41 Å². The van der Waals surface area contributed by atoms with Crippen LogP contribution in [0.25, 0.3) is 0 Å². The second kappa shape index (κ2) is 12.8. The molecule has 0 saturated heterocycles. The molecule has 0 aliphatic heterocycles. The zero-order valence-corrected chi connectivity index (χ0v) is 17.7. The number of hydrogen-bond donors (Lipinski definition) is 0. The van der Waals surface area contributed by atoms with Crippen molar-refractivity contribution in [2.24, 2.45) is 5.41 Å². The molecule has 0 amide bonds. The van der Waals surface area contributed by atoms with Crippen molar-refractivity contribution in [1.82, 2.24) is 14.7 Å². The van der Waals surface area contributed by atoms with E-state index in [0.29, 0.717) is 0 Å². The van der Waals surface area contributed by atoms with Gasteiger partial charge in [-0.2, -0.15) is 0 Å². The number of carboxylic acid groups (broad SMARTS) is 5. The van der Waals surface area contributed by atoms with Gasteiger partial charge in [0, 0.05) is 58.4 Å². The Hall–Kier alpha value is -2.77. The Labute approximate surface area is 179 Å². The first-order chi connectivity index (χ1) is 14.1. The average Bonchev–Trinajstić information content (AvgIpc) is 2.52. The lowest BCUT2D eigenvalue weighted by Gasteiger charge is -2.43. The molecular formula is C18H26N3O10-5. The number of hydrogen-bond acceptors (Lipinski definition) is 13. The van der Waals surface area contributed by atoms with Crippen molar-refractivity contribution in [2.75, 3.05) is 52.4 Å². The Morgan fingerprint density at radius 2 is 0.935 bits per heavy atom. The summed E-state index contributed by atoms with van der Waals surface area (Å²) in [6.07, 6.45) is 0. The summed E-state index contributed by atoms with van der Waals surface area (Å²) in [5, 5.41) is 55.0. The third kappa shape index (κ3) is 13.2. The van der Waals surface area contributed by atoms with Crippen molar-refractivity contribution in [3.63, 3.8) is 0 Å². The summed E-state index contributed by atoms with van der Waals surface area (Å²) < 4.78 is 0. The second-order valence-corrected chi connectivity index (χ2v) is 8.09. The number of rotatable bonds is 16. The van der Waals surface area contributed by atoms with Crippen LogP contribution >= 0.6 is 0 Å². The summed E-state index contributed by atoms with van der Waals surface area (Å²) >= 11 is 0. The largest absolute Gasteiger partial charge is 0.549 e. The summed E-state index contributed by atoms with van der Waals surface area (Å²) in [4.78, 5) is 58.2. The zero-order chi connectivity index (χ0) is 24.4. The molecule has 0 aromatic heterocycles. The molecule has 178 valence electrons. The third-order valence-corrected chi connectivity index (χ3v) is 4.33. The van der Waals surface area contributed by atoms with E-state index in [1.807, 2.05) is 0 Å². The molecular weight excluding hydrogens is 418 g/mol. The van der Waals surface area contributed by atoms with Crippen molar-refractivity contribution < 1.29 is 49.5 Å². The van der Waals surface area contributed by atoms with Gasteiger partial charge in [-0.3, -0.25) is 14.7 Å². The third-order valence-electron chi connectivity index (χ3n) is 4.33. The Morgan fingerprint density at radius 3 is 1.26 bits per heavy atom. The molecule has 0 radical (unpaired) electrons. The quantitative estimate of drug-likeness (QED) is 0.217. The van der Waals surface area contributed by atoms with E-state index in [0.717, 1.165) is 9.80 Å². The van der Waals surface area contributed by atoms with E-state index in [1.54, 1.807) is 20.8 Å². The molecule has 0 fully saturated rings. The average molecular weight is 444 g/mol. The van der Waals surface area contributed by atoms with E-state index in [2.05, 4.69) is 0 Å². The summed E-state index contributed by atoms with van der Waals surface area (Å²) in [5.74, 6) is -7.68. The van der Waals surface area contributed by atoms with Crippen LogP contribution < -0.4 is 25.5 Å². The summed E-state index contributed by atoms with van der Waals surface area (Å²) in [6, 6.07) is -0.807. The smallest absolute Gasteiger partial charge is 0.0555 e. The molecule has 0 aliphatic carbocycles. The second-order valence-electron chi connectivity index (χ2n) is 8.09. The lowest BCUT2D eigenvalue weighted by atomic mass is 9.85. The van der Waals surface area contributed by atoms with Crippen molar-refractivity contribution in [3.05, 3.63) is 0 Å². The predicted octanol–water partition coefficient (Wildman–Crippen LogP) is -7.94. The van der Waals surface area contributed by atoms with Gasteiger partial charge in [0.05, 0.1) is 29.8 Å². The van der Waals surface area contributed by atoms with Gasteiger partial charge in [0.15, 0.2) is 0 Å². The number of carboxylic acids is 5. The molecule has 0 bridgehead atoms. The highest BCUT2D eigenvalue weighted by molar-refractivity contribution is 5.71. The van der Waals surface area contributed by atoms with Crippen molar-refractivity contribution in [1.29, 1.82) is 0 Å². The van der Waals surface area contributed by atoms with Gasteiger partial charge in [-0.1, -0.05) is 20.8 Å². The molecule has 1 atom stereocenters. The van der Waals surface area contributed by atoms with E-state index in [4.69, 9.17) is 0 Å². The van der Waals surface area contributed by atoms with Gasteiger partial charge in [0.1, 0.15) is 0 Å². The lowest BCUT2D eigenvalue weighted by Crippen LogP contribution is -2.58. The minimum atomic E-state index is -1.55. The van der Waals surface area contributed by atoms with Crippen molar-refractivity contribution in [3.8, 4) is 0 Å². The first-order valence-corrected chi connectivity index (χ1v) is 9.29. The predicted molar refractivity (Wildman–Crippen MR) is 92.7 cm³/mol. The van der Waals surface area contributed by atoms with Crippen LogP contribution in [0.15, 0.2) is 0 Å². The van der Waals surface area contributed by atoms with Gasteiger partial charge in [0.25, 0.3) is 0 Å². The molecule has 1 unspecified atom stereocenters. The maximum atomic E-state index is 11.2. The Morgan fingerprint density at radius 1 is 0.613 bits per heavy atom. The van der Waals surface area contributed by atoms with Gasteiger partial charge in [-0.25, -0.2) is 0 Å². The van der Waals surface area contributed by atoms with Gasteiger partial charge in [0.2, 0.25) is 0 Å². The summed E-state index contributed by atoms with van der Waals surface area (Å²) in [7, 11) is 0. The fraction of sp³-hybridized carbons (Fsp3) is 0.722. The highest BCUT2D eigenvalue weighted by Crippen LogP contribution is 2.25. The molecule has 0 aromatic rings. The van der Waals surface area contributed by atoms with Crippen LogP contribution in [0.1, 0.15) is 20.8 Å².